The van der Waals surface area contributed by atoms with E-state index in [0.717, 1.165) is 16.5 Å². The number of benzene rings is 2. The van der Waals surface area contributed by atoms with E-state index in [1.54, 1.807) is 26.2 Å². The van der Waals surface area contributed by atoms with Gasteiger partial charge in [-0.05, 0) is 35.9 Å². The van der Waals surface area contributed by atoms with Gasteiger partial charge in [-0.15, -0.1) is 0 Å². The van der Waals surface area contributed by atoms with Crippen LogP contribution < -0.4 is 9.47 Å². The minimum atomic E-state index is -0.0745. The van der Waals surface area contributed by atoms with Crippen LogP contribution in [0.2, 0.25) is 5.02 Å². The summed E-state index contributed by atoms with van der Waals surface area (Å²) in [5.41, 5.74) is 2.48. The van der Waals surface area contributed by atoms with Gasteiger partial charge >= 0.3 is 0 Å². The molecule has 1 heterocycles. The molecule has 136 valence electrons. The van der Waals surface area contributed by atoms with E-state index >= 15 is 0 Å². The van der Waals surface area contributed by atoms with Crippen LogP contribution in [0.5, 0.6) is 11.5 Å². The second-order valence-corrected chi connectivity index (χ2v) is 6.52. The van der Waals surface area contributed by atoms with Gasteiger partial charge in [-0.1, -0.05) is 23.7 Å². The molecule has 1 aromatic heterocycles. The van der Waals surface area contributed by atoms with E-state index < -0.39 is 0 Å². The number of rotatable bonds is 5. The Kier molecular flexibility index (Phi) is 5.09. The molecule has 0 saturated heterocycles. The SMILES string of the molecule is COc1ccc(CN(C)C(=O)c2cc3c(Cl)cccc3n2C)cc1OC. The molecule has 3 aromatic rings. The Morgan fingerprint density at radius 3 is 2.50 bits per heavy atom. The van der Waals surface area contributed by atoms with E-state index in [2.05, 4.69) is 0 Å². The summed E-state index contributed by atoms with van der Waals surface area (Å²) in [4.78, 5) is 14.6. The molecule has 5 nitrogen and oxygen atoms in total. The van der Waals surface area contributed by atoms with Crippen molar-refractivity contribution in [3.63, 3.8) is 0 Å². The number of hydrogen-bond acceptors (Lipinski definition) is 3. The van der Waals surface area contributed by atoms with E-state index in [4.69, 9.17) is 21.1 Å². The number of aryl methyl sites for hydroxylation is 1. The second-order valence-electron chi connectivity index (χ2n) is 6.11. The third kappa shape index (κ3) is 3.22. The number of fused-ring (bicyclic) bond motifs is 1. The predicted molar refractivity (Wildman–Crippen MR) is 103 cm³/mol. The molecule has 0 unspecified atom stereocenters. The van der Waals surface area contributed by atoms with Crippen LogP contribution in [0, 0.1) is 0 Å². The number of halogens is 1. The summed E-state index contributed by atoms with van der Waals surface area (Å²) in [6, 6.07) is 13.1. The lowest BCUT2D eigenvalue weighted by Gasteiger charge is -2.18. The van der Waals surface area contributed by atoms with Crippen molar-refractivity contribution >= 4 is 28.4 Å². The molecule has 0 fully saturated rings. The van der Waals surface area contributed by atoms with Crippen molar-refractivity contribution in [2.45, 2.75) is 6.54 Å². The Hall–Kier alpha value is -2.66. The fraction of sp³-hybridized carbons (Fsp3) is 0.250. The second kappa shape index (κ2) is 7.30. The molecule has 0 aliphatic rings. The van der Waals surface area contributed by atoms with E-state index in [9.17, 15) is 4.79 Å². The third-order valence-corrected chi connectivity index (χ3v) is 4.80. The third-order valence-electron chi connectivity index (χ3n) is 4.47. The van der Waals surface area contributed by atoms with Gasteiger partial charge in [0.15, 0.2) is 11.5 Å². The summed E-state index contributed by atoms with van der Waals surface area (Å²) in [6.45, 7) is 0.453. The van der Waals surface area contributed by atoms with Gasteiger partial charge in [-0.3, -0.25) is 4.79 Å². The van der Waals surface area contributed by atoms with Crippen LogP contribution in [0.4, 0.5) is 0 Å². The number of hydrogen-bond donors (Lipinski definition) is 0. The standard InChI is InChI=1S/C20H21ClN2O3/c1-22(12-13-8-9-18(25-3)19(10-13)26-4)20(24)17-11-14-15(21)6-5-7-16(14)23(17)2/h5-11H,12H2,1-4H3. The molecule has 0 bridgehead atoms. The molecule has 3 rings (SSSR count). The first-order chi connectivity index (χ1) is 12.5. The lowest BCUT2D eigenvalue weighted by atomic mass is 10.2. The van der Waals surface area contributed by atoms with Crippen molar-refractivity contribution in [1.82, 2.24) is 9.47 Å². The molecule has 0 atom stereocenters. The summed E-state index contributed by atoms with van der Waals surface area (Å²) in [5.74, 6) is 1.23. The van der Waals surface area contributed by atoms with Gasteiger partial charge in [-0.2, -0.15) is 0 Å². The van der Waals surface area contributed by atoms with Gasteiger partial charge in [0.1, 0.15) is 5.69 Å². The topological polar surface area (TPSA) is 43.7 Å². The van der Waals surface area contributed by atoms with E-state index in [-0.39, 0.29) is 5.91 Å². The van der Waals surface area contributed by atoms with Gasteiger partial charge in [-0.25, -0.2) is 0 Å². The molecule has 0 N–H and O–H groups in total. The van der Waals surface area contributed by atoms with Crippen LogP contribution in [0.3, 0.4) is 0 Å². The fourth-order valence-corrected chi connectivity index (χ4v) is 3.27. The zero-order chi connectivity index (χ0) is 18.8. The normalized spacial score (nSPS) is 10.8. The average Bonchev–Trinajstić information content (AvgIpc) is 2.99. The summed E-state index contributed by atoms with van der Waals surface area (Å²) in [7, 11) is 6.84. The Morgan fingerprint density at radius 2 is 1.85 bits per heavy atom. The molecular weight excluding hydrogens is 352 g/mol. The average molecular weight is 373 g/mol. The molecule has 2 aromatic carbocycles. The van der Waals surface area contributed by atoms with Crippen molar-refractivity contribution in [2.75, 3.05) is 21.3 Å². The lowest BCUT2D eigenvalue weighted by Crippen LogP contribution is -2.27. The van der Waals surface area contributed by atoms with Crippen LogP contribution in [-0.4, -0.2) is 36.6 Å². The van der Waals surface area contributed by atoms with Crippen molar-refractivity contribution in [1.29, 1.82) is 0 Å². The largest absolute Gasteiger partial charge is 0.493 e. The van der Waals surface area contributed by atoms with Crippen molar-refractivity contribution < 1.29 is 14.3 Å². The summed E-state index contributed by atoms with van der Waals surface area (Å²) < 4.78 is 12.5. The number of methoxy groups -OCH3 is 2. The first kappa shape index (κ1) is 18.1. The lowest BCUT2D eigenvalue weighted by molar-refractivity contribution is 0.0776. The number of carbonyl (C=O) groups is 1. The van der Waals surface area contributed by atoms with Gasteiger partial charge in [0.25, 0.3) is 5.91 Å². The maximum atomic E-state index is 12.9. The summed E-state index contributed by atoms with van der Waals surface area (Å²) >= 11 is 6.25. The van der Waals surface area contributed by atoms with Gasteiger partial charge in [0, 0.05) is 36.6 Å². The highest BCUT2D eigenvalue weighted by Crippen LogP contribution is 2.29. The molecule has 6 heteroatoms. The molecule has 0 aliphatic carbocycles. The van der Waals surface area contributed by atoms with Crippen LogP contribution in [0.15, 0.2) is 42.5 Å². The minimum absolute atomic E-state index is 0.0745. The fourth-order valence-electron chi connectivity index (χ4n) is 3.05. The van der Waals surface area contributed by atoms with Crippen LogP contribution >= 0.6 is 11.6 Å². The van der Waals surface area contributed by atoms with Crippen molar-refractivity contribution in [3.05, 3.63) is 58.7 Å². The highest BCUT2D eigenvalue weighted by molar-refractivity contribution is 6.35. The number of nitrogens with zero attached hydrogens (tertiary/aromatic N) is 2. The van der Waals surface area contributed by atoms with E-state index in [1.165, 1.54) is 0 Å². The van der Waals surface area contributed by atoms with Crippen molar-refractivity contribution in [2.24, 2.45) is 7.05 Å². The van der Waals surface area contributed by atoms with Gasteiger partial charge in [0.05, 0.1) is 14.2 Å². The van der Waals surface area contributed by atoms with Crippen LogP contribution in [0.1, 0.15) is 16.1 Å². The highest BCUT2D eigenvalue weighted by atomic mass is 35.5. The van der Waals surface area contributed by atoms with Gasteiger partial charge in [0.2, 0.25) is 0 Å². The van der Waals surface area contributed by atoms with Crippen molar-refractivity contribution in [3.8, 4) is 11.5 Å². The van der Waals surface area contributed by atoms with E-state index in [1.807, 2.05) is 54.1 Å². The Labute approximate surface area is 157 Å². The van der Waals surface area contributed by atoms with E-state index in [0.29, 0.717) is 28.8 Å². The number of aromatic nitrogens is 1. The highest BCUT2D eigenvalue weighted by Gasteiger charge is 2.19. The first-order valence-corrected chi connectivity index (χ1v) is 8.54. The van der Waals surface area contributed by atoms with Gasteiger partial charge < -0.3 is 18.9 Å². The van der Waals surface area contributed by atoms with Crippen LogP contribution in [0.25, 0.3) is 10.9 Å². The number of ether oxygens (including phenoxy) is 2. The molecule has 0 spiro atoms. The van der Waals surface area contributed by atoms with Crippen LogP contribution in [-0.2, 0) is 13.6 Å². The number of amides is 1. The monoisotopic (exact) mass is 372 g/mol. The Morgan fingerprint density at radius 1 is 1.12 bits per heavy atom. The first-order valence-electron chi connectivity index (χ1n) is 8.16. The Balaban J connectivity index is 1.87. The molecule has 0 radical (unpaired) electrons. The summed E-state index contributed by atoms with van der Waals surface area (Å²) in [5, 5.41) is 1.51. The predicted octanol–water partition coefficient (Wildman–Crippen LogP) is 4.12. The number of carbonyl (C=O) groups excluding carboxylic acids is 1. The molecule has 0 saturated carbocycles. The molecule has 26 heavy (non-hydrogen) atoms. The maximum absolute atomic E-state index is 12.9. The molecule has 1 amide bonds. The zero-order valence-electron chi connectivity index (χ0n) is 15.2. The molecule has 0 aliphatic heterocycles. The quantitative estimate of drug-likeness (QED) is 0.676. The zero-order valence-corrected chi connectivity index (χ0v) is 16.0. The summed E-state index contributed by atoms with van der Waals surface area (Å²) in [6.07, 6.45) is 0. The smallest absolute Gasteiger partial charge is 0.270 e. The molecular formula is C20H21ClN2O3. The Bertz CT molecular complexity index is 965. The maximum Gasteiger partial charge on any atom is 0.270 e. The minimum Gasteiger partial charge on any atom is -0.493 e.